The van der Waals surface area contributed by atoms with Gasteiger partial charge in [-0.15, -0.1) is 0 Å². The smallest absolute Gasteiger partial charge is 0.265 e. The van der Waals surface area contributed by atoms with Crippen molar-refractivity contribution in [3.8, 4) is 5.75 Å². The van der Waals surface area contributed by atoms with Crippen LogP contribution < -0.4 is 15.4 Å². The molecule has 0 fully saturated rings. The van der Waals surface area contributed by atoms with Crippen LogP contribution in [0.4, 0.5) is 14.5 Å². The maximum atomic E-state index is 13.1. The van der Waals surface area contributed by atoms with E-state index in [1.165, 1.54) is 26.1 Å². The summed E-state index contributed by atoms with van der Waals surface area (Å²) in [5, 5.41) is 5.08. The Morgan fingerprint density at radius 2 is 1.83 bits per heavy atom. The molecule has 2 amide bonds. The zero-order valence-electron chi connectivity index (χ0n) is 13.1. The lowest BCUT2D eigenvalue weighted by Crippen LogP contribution is -2.30. The van der Waals surface area contributed by atoms with Gasteiger partial charge in [0.15, 0.2) is 17.7 Å². The summed E-state index contributed by atoms with van der Waals surface area (Å²) >= 11 is 0. The normalized spacial score (nSPS) is 11.5. The summed E-state index contributed by atoms with van der Waals surface area (Å²) < 4.78 is 31.3. The third-order valence-corrected chi connectivity index (χ3v) is 3.19. The van der Waals surface area contributed by atoms with Crippen molar-refractivity contribution in [1.29, 1.82) is 0 Å². The van der Waals surface area contributed by atoms with E-state index in [9.17, 15) is 18.4 Å². The van der Waals surface area contributed by atoms with Crippen LogP contribution in [0.2, 0.25) is 0 Å². The van der Waals surface area contributed by atoms with Gasteiger partial charge in [-0.1, -0.05) is 6.07 Å². The fraction of sp³-hybridized carbons (Fsp3) is 0.176. The molecule has 0 aliphatic rings. The average molecular weight is 334 g/mol. The lowest BCUT2D eigenvalue weighted by atomic mass is 10.2. The molecule has 0 radical (unpaired) electrons. The Morgan fingerprint density at radius 3 is 2.50 bits per heavy atom. The summed E-state index contributed by atoms with van der Waals surface area (Å²) in [5.41, 5.74) is 0.811. The van der Waals surface area contributed by atoms with Crippen LogP contribution in [0.5, 0.6) is 5.75 Å². The van der Waals surface area contributed by atoms with Crippen molar-refractivity contribution in [2.24, 2.45) is 0 Å². The molecule has 1 atom stereocenters. The van der Waals surface area contributed by atoms with Crippen molar-refractivity contribution in [3.05, 3.63) is 59.7 Å². The van der Waals surface area contributed by atoms with E-state index in [1.807, 2.05) is 0 Å². The van der Waals surface area contributed by atoms with Gasteiger partial charge in [0.2, 0.25) is 0 Å². The molecule has 0 saturated carbocycles. The van der Waals surface area contributed by atoms with Crippen LogP contribution in [0.3, 0.4) is 0 Å². The molecular formula is C17H16F2N2O3. The molecule has 0 spiro atoms. The molecule has 0 bridgehead atoms. The number of benzene rings is 2. The summed E-state index contributed by atoms with van der Waals surface area (Å²) in [6.45, 7) is 1.47. The molecule has 24 heavy (non-hydrogen) atoms. The highest BCUT2D eigenvalue weighted by Crippen LogP contribution is 2.17. The van der Waals surface area contributed by atoms with E-state index < -0.39 is 23.6 Å². The van der Waals surface area contributed by atoms with Crippen LogP contribution in [-0.4, -0.2) is 25.0 Å². The zero-order chi connectivity index (χ0) is 17.7. The van der Waals surface area contributed by atoms with Gasteiger partial charge in [0.1, 0.15) is 5.75 Å². The number of rotatable bonds is 5. The highest BCUT2D eigenvalue weighted by Gasteiger charge is 2.16. The Morgan fingerprint density at radius 1 is 1.08 bits per heavy atom. The lowest BCUT2D eigenvalue weighted by molar-refractivity contribution is -0.122. The molecule has 126 valence electrons. The second-order valence-corrected chi connectivity index (χ2v) is 4.99. The molecule has 2 aromatic rings. The van der Waals surface area contributed by atoms with Crippen LogP contribution in [0.25, 0.3) is 0 Å². The Hall–Kier alpha value is -2.96. The van der Waals surface area contributed by atoms with E-state index >= 15 is 0 Å². The minimum atomic E-state index is -1.06. The molecule has 2 N–H and O–H groups in total. The highest BCUT2D eigenvalue weighted by molar-refractivity contribution is 5.98. The van der Waals surface area contributed by atoms with Gasteiger partial charge in [0, 0.05) is 24.4 Å². The van der Waals surface area contributed by atoms with Gasteiger partial charge in [-0.3, -0.25) is 9.59 Å². The number of hydrogen-bond donors (Lipinski definition) is 2. The number of carbonyl (C=O) groups excluding carboxylic acids is 2. The van der Waals surface area contributed by atoms with Gasteiger partial charge in [0.25, 0.3) is 11.8 Å². The Bertz CT molecular complexity index is 765. The fourth-order valence-corrected chi connectivity index (χ4v) is 1.93. The van der Waals surface area contributed by atoms with E-state index in [4.69, 9.17) is 4.74 Å². The Kier molecular flexibility index (Phi) is 5.47. The molecule has 0 heterocycles. The zero-order valence-corrected chi connectivity index (χ0v) is 13.1. The largest absolute Gasteiger partial charge is 0.481 e. The van der Waals surface area contributed by atoms with Crippen LogP contribution in [-0.2, 0) is 4.79 Å². The monoisotopic (exact) mass is 334 g/mol. The van der Waals surface area contributed by atoms with Crippen LogP contribution in [0.1, 0.15) is 17.3 Å². The highest BCUT2D eigenvalue weighted by atomic mass is 19.2. The molecular weight excluding hydrogens is 318 g/mol. The number of carbonyl (C=O) groups is 2. The molecule has 0 aliphatic carbocycles. The fourth-order valence-electron chi connectivity index (χ4n) is 1.93. The predicted octanol–water partition coefficient (Wildman–Crippen LogP) is 2.73. The minimum Gasteiger partial charge on any atom is -0.481 e. The summed E-state index contributed by atoms with van der Waals surface area (Å²) in [6.07, 6.45) is -0.946. The quantitative estimate of drug-likeness (QED) is 0.883. The number of amides is 2. The molecule has 2 rings (SSSR count). The van der Waals surface area contributed by atoms with E-state index in [0.717, 1.165) is 12.1 Å². The summed E-state index contributed by atoms with van der Waals surface area (Å²) in [5.74, 6) is -2.79. The van der Waals surface area contributed by atoms with Crippen molar-refractivity contribution in [1.82, 2.24) is 5.32 Å². The van der Waals surface area contributed by atoms with E-state index in [-0.39, 0.29) is 11.7 Å². The van der Waals surface area contributed by atoms with Crippen LogP contribution in [0, 0.1) is 11.6 Å². The maximum Gasteiger partial charge on any atom is 0.265 e. The number of halogens is 2. The summed E-state index contributed by atoms with van der Waals surface area (Å²) in [4.78, 5) is 23.7. The van der Waals surface area contributed by atoms with Crippen molar-refractivity contribution >= 4 is 17.5 Å². The number of hydrogen-bond acceptors (Lipinski definition) is 3. The van der Waals surface area contributed by atoms with Crippen molar-refractivity contribution < 1.29 is 23.1 Å². The van der Waals surface area contributed by atoms with Gasteiger partial charge < -0.3 is 15.4 Å². The first-order valence-electron chi connectivity index (χ1n) is 7.15. The molecule has 1 unspecified atom stereocenters. The van der Waals surface area contributed by atoms with Crippen LogP contribution in [0.15, 0.2) is 42.5 Å². The first-order valence-corrected chi connectivity index (χ1v) is 7.15. The molecule has 2 aromatic carbocycles. The SMILES string of the molecule is CNC(=O)c1cccc(NC(=O)C(C)Oc2ccc(F)c(F)c2)c1. The minimum absolute atomic E-state index is 0.0376. The van der Waals surface area contributed by atoms with Gasteiger partial charge >= 0.3 is 0 Å². The number of nitrogens with one attached hydrogen (secondary N) is 2. The topological polar surface area (TPSA) is 67.4 Å². The Balaban J connectivity index is 2.03. The average Bonchev–Trinajstić information content (AvgIpc) is 2.57. The van der Waals surface area contributed by atoms with Crippen molar-refractivity contribution in [2.75, 3.05) is 12.4 Å². The van der Waals surface area contributed by atoms with Gasteiger partial charge in [-0.2, -0.15) is 0 Å². The second kappa shape index (κ2) is 7.54. The van der Waals surface area contributed by atoms with E-state index in [0.29, 0.717) is 11.3 Å². The molecule has 5 nitrogen and oxygen atoms in total. The predicted molar refractivity (Wildman–Crippen MR) is 84.9 cm³/mol. The van der Waals surface area contributed by atoms with Gasteiger partial charge in [0.05, 0.1) is 0 Å². The number of ether oxygens (including phenoxy) is 1. The third-order valence-electron chi connectivity index (χ3n) is 3.19. The molecule has 0 aliphatic heterocycles. The number of anilines is 1. The van der Waals surface area contributed by atoms with Crippen LogP contribution >= 0.6 is 0 Å². The summed E-state index contributed by atoms with van der Waals surface area (Å²) in [7, 11) is 1.51. The van der Waals surface area contributed by atoms with Gasteiger partial charge in [-0.25, -0.2) is 8.78 Å². The van der Waals surface area contributed by atoms with Crippen molar-refractivity contribution in [2.45, 2.75) is 13.0 Å². The van der Waals surface area contributed by atoms with E-state index in [2.05, 4.69) is 10.6 Å². The standard InChI is InChI=1S/C17H16F2N2O3/c1-10(24-13-6-7-14(18)15(19)9-13)16(22)21-12-5-3-4-11(8-12)17(23)20-2/h3-10H,1-2H3,(H,20,23)(H,21,22). The maximum absolute atomic E-state index is 13.1. The second-order valence-electron chi connectivity index (χ2n) is 4.99. The molecule has 7 heteroatoms. The van der Waals surface area contributed by atoms with E-state index in [1.54, 1.807) is 18.2 Å². The molecule has 0 aromatic heterocycles. The first-order chi connectivity index (χ1) is 11.4. The Labute approximate surface area is 137 Å². The lowest BCUT2D eigenvalue weighted by Gasteiger charge is -2.15. The van der Waals surface area contributed by atoms with Crippen molar-refractivity contribution in [3.63, 3.8) is 0 Å². The first kappa shape index (κ1) is 17.4. The molecule has 0 saturated heterocycles. The summed E-state index contributed by atoms with van der Waals surface area (Å²) in [6, 6.07) is 9.38. The third kappa shape index (κ3) is 4.28. The van der Waals surface area contributed by atoms with Gasteiger partial charge in [-0.05, 0) is 37.3 Å².